The summed E-state index contributed by atoms with van der Waals surface area (Å²) < 4.78 is 5.18. The molecule has 6 heteroatoms. The van der Waals surface area contributed by atoms with Gasteiger partial charge in [-0.25, -0.2) is 0 Å². The van der Waals surface area contributed by atoms with Crippen molar-refractivity contribution >= 4 is 5.91 Å². The van der Waals surface area contributed by atoms with Crippen LogP contribution in [-0.4, -0.2) is 42.4 Å². The summed E-state index contributed by atoms with van der Waals surface area (Å²) in [5.41, 5.74) is 6.63. The highest BCUT2D eigenvalue weighted by molar-refractivity contribution is 5.94. The van der Waals surface area contributed by atoms with Gasteiger partial charge in [0.15, 0.2) is 0 Å². The lowest BCUT2D eigenvalue weighted by Gasteiger charge is -2.04. The minimum Gasteiger partial charge on any atom is -0.380 e. The molecule has 1 aromatic rings. The Hall–Kier alpha value is -1.40. The molecule has 1 aromatic heterocycles. The Morgan fingerprint density at radius 3 is 3.06 bits per heavy atom. The molecule has 0 spiro atoms. The molecule has 0 radical (unpaired) electrons. The maximum absolute atomic E-state index is 11.6. The minimum absolute atomic E-state index is 0.106. The van der Waals surface area contributed by atoms with Crippen molar-refractivity contribution in [1.82, 2.24) is 15.5 Å². The molecule has 0 saturated carbocycles. The molecular formula is C10H18N4O2. The number of rotatable bonds is 7. The minimum atomic E-state index is -0.106. The van der Waals surface area contributed by atoms with E-state index in [0.717, 1.165) is 12.1 Å². The summed E-state index contributed by atoms with van der Waals surface area (Å²) in [5.74, 6) is -0.106. The van der Waals surface area contributed by atoms with E-state index in [4.69, 9.17) is 10.5 Å². The fourth-order valence-electron chi connectivity index (χ4n) is 1.24. The number of hydrogen-bond acceptors (Lipinski definition) is 4. The molecule has 0 fully saturated rings. The molecule has 4 N–H and O–H groups in total. The Bertz CT molecular complexity index is 324. The number of aryl methyl sites for hydroxylation is 1. The van der Waals surface area contributed by atoms with Gasteiger partial charge in [-0.1, -0.05) is 0 Å². The number of amides is 1. The predicted octanol–water partition coefficient (Wildman–Crippen LogP) is -0.187. The van der Waals surface area contributed by atoms with Gasteiger partial charge >= 0.3 is 0 Å². The third-order valence-electron chi connectivity index (χ3n) is 2.09. The van der Waals surface area contributed by atoms with Crippen molar-refractivity contribution in [3.05, 3.63) is 17.5 Å². The van der Waals surface area contributed by atoms with Gasteiger partial charge in [-0.2, -0.15) is 5.10 Å². The maximum atomic E-state index is 11.6. The number of nitrogens with one attached hydrogen (secondary N) is 2. The molecule has 0 aliphatic carbocycles. The van der Waals surface area contributed by atoms with Crippen molar-refractivity contribution in [2.24, 2.45) is 5.73 Å². The second-order valence-electron chi connectivity index (χ2n) is 3.42. The van der Waals surface area contributed by atoms with Gasteiger partial charge < -0.3 is 15.8 Å². The number of aromatic amines is 1. The highest BCUT2D eigenvalue weighted by atomic mass is 16.5. The van der Waals surface area contributed by atoms with E-state index in [1.807, 2.05) is 6.92 Å². The topological polar surface area (TPSA) is 93.0 Å². The van der Waals surface area contributed by atoms with E-state index in [0.29, 0.717) is 31.9 Å². The Labute approximate surface area is 94.5 Å². The average molecular weight is 226 g/mol. The lowest BCUT2D eigenvalue weighted by atomic mass is 10.2. The Balaban J connectivity index is 2.14. The van der Waals surface area contributed by atoms with Crippen LogP contribution in [0.5, 0.6) is 0 Å². The molecule has 6 nitrogen and oxygen atoms in total. The van der Waals surface area contributed by atoms with Gasteiger partial charge in [-0.15, -0.1) is 0 Å². The van der Waals surface area contributed by atoms with Crippen molar-refractivity contribution in [1.29, 1.82) is 0 Å². The highest BCUT2D eigenvalue weighted by Gasteiger charge is 2.09. The van der Waals surface area contributed by atoms with E-state index in [1.54, 1.807) is 0 Å². The quantitative estimate of drug-likeness (QED) is 0.562. The highest BCUT2D eigenvalue weighted by Crippen LogP contribution is 2.01. The largest absolute Gasteiger partial charge is 0.380 e. The Morgan fingerprint density at radius 2 is 2.44 bits per heavy atom. The summed E-state index contributed by atoms with van der Waals surface area (Å²) >= 11 is 0. The number of nitrogens with zero attached hydrogens (tertiary/aromatic N) is 1. The van der Waals surface area contributed by atoms with Crippen LogP contribution < -0.4 is 11.1 Å². The molecule has 0 unspecified atom stereocenters. The summed E-state index contributed by atoms with van der Waals surface area (Å²) in [4.78, 5) is 11.6. The van der Waals surface area contributed by atoms with Crippen LogP contribution in [0.4, 0.5) is 0 Å². The van der Waals surface area contributed by atoms with Crippen molar-refractivity contribution in [2.45, 2.75) is 13.3 Å². The van der Waals surface area contributed by atoms with E-state index in [9.17, 15) is 4.79 Å². The van der Waals surface area contributed by atoms with Crippen LogP contribution in [0.2, 0.25) is 0 Å². The second kappa shape index (κ2) is 6.97. The molecule has 1 rings (SSSR count). The van der Waals surface area contributed by atoms with Crippen LogP contribution >= 0.6 is 0 Å². The predicted molar refractivity (Wildman–Crippen MR) is 60.1 cm³/mol. The normalized spacial score (nSPS) is 10.4. The van der Waals surface area contributed by atoms with Crippen LogP contribution in [0.3, 0.4) is 0 Å². The summed E-state index contributed by atoms with van der Waals surface area (Å²) in [6.07, 6.45) is 2.30. The van der Waals surface area contributed by atoms with E-state index >= 15 is 0 Å². The smallest absolute Gasteiger partial charge is 0.254 e. The summed E-state index contributed by atoms with van der Waals surface area (Å²) in [5, 5.41) is 9.30. The summed E-state index contributed by atoms with van der Waals surface area (Å²) in [6, 6.07) is 0. The molecule has 0 saturated heterocycles. The van der Waals surface area contributed by atoms with E-state index in [-0.39, 0.29) is 5.91 Å². The molecule has 0 aromatic carbocycles. The van der Waals surface area contributed by atoms with Crippen LogP contribution in [0.15, 0.2) is 6.20 Å². The van der Waals surface area contributed by atoms with Gasteiger partial charge in [0, 0.05) is 25.4 Å². The number of aromatic nitrogens is 2. The number of hydrogen-bond donors (Lipinski definition) is 3. The van der Waals surface area contributed by atoms with Crippen LogP contribution in [0.25, 0.3) is 0 Å². The third-order valence-corrected chi connectivity index (χ3v) is 2.09. The third kappa shape index (κ3) is 4.00. The monoisotopic (exact) mass is 226 g/mol. The molecule has 1 amide bonds. The Kier molecular flexibility index (Phi) is 5.52. The molecule has 0 aliphatic heterocycles. The van der Waals surface area contributed by atoms with Gasteiger partial charge in [0.1, 0.15) is 0 Å². The van der Waals surface area contributed by atoms with E-state index in [2.05, 4.69) is 15.5 Å². The van der Waals surface area contributed by atoms with E-state index in [1.165, 1.54) is 6.20 Å². The van der Waals surface area contributed by atoms with Gasteiger partial charge in [-0.05, 0) is 13.3 Å². The van der Waals surface area contributed by atoms with Crippen LogP contribution in [0, 0.1) is 6.92 Å². The number of ether oxygens (including phenoxy) is 1. The van der Waals surface area contributed by atoms with E-state index < -0.39 is 0 Å². The lowest BCUT2D eigenvalue weighted by molar-refractivity contribution is 0.0942. The molecule has 16 heavy (non-hydrogen) atoms. The summed E-state index contributed by atoms with van der Waals surface area (Å²) in [6.45, 7) is 4.11. The zero-order chi connectivity index (χ0) is 11.8. The number of carbonyl (C=O) groups is 1. The van der Waals surface area contributed by atoms with Crippen molar-refractivity contribution in [3.8, 4) is 0 Å². The first kappa shape index (κ1) is 12.7. The fourth-order valence-corrected chi connectivity index (χ4v) is 1.24. The fraction of sp³-hybridized carbons (Fsp3) is 0.600. The first-order valence-corrected chi connectivity index (χ1v) is 5.31. The zero-order valence-electron chi connectivity index (χ0n) is 9.45. The molecular weight excluding hydrogens is 208 g/mol. The van der Waals surface area contributed by atoms with Gasteiger partial charge in [0.05, 0.1) is 18.4 Å². The maximum Gasteiger partial charge on any atom is 0.254 e. The number of carbonyl (C=O) groups excluding carboxylic acids is 1. The van der Waals surface area contributed by atoms with Gasteiger partial charge in [-0.3, -0.25) is 9.89 Å². The van der Waals surface area contributed by atoms with Crippen LogP contribution in [-0.2, 0) is 4.74 Å². The molecule has 0 bridgehead atoms. The first-order valence-electron chi connectivity index (χ1n) is 5.31. The number of nitrogens with two attached hydrogens (primary N) is 1. The van der Waals surface area contributed by atoms with Crippen LogP contribution in [0.1, 0.15) is 22.5 Å². The van der Waals surface area contributed by atoms with Crippen molar-refractivity contribution in [2.75, 3.05) is 26.3 Å². The first-order chi connectivity index (χ1) is 7.75. The molecule has 0 aliphatic rings. The molecule has 90 valence electrons. The van der Waals surface area contributed by atoms with Gasteiger partial charge in [0.2, 0.25) is 0 Å². The summed E-state index contributed by atoms with van der Waals surface area (Å²) in [7, 11) is 0. The van der Waals surface area contributed by atoms with Crippen molar-refractivity contribution in [3.63, 3.8) is 0 Å². The second-order valence-corrected chi connectivity index (χ2v) is 3.42. The lowest BCUT2D eigenvalue weighted by Crippen LogP contribution is -2.25. The Morgan fingerprint density at radius 1 is 1.62 bits per heavy atom. The van der Waals surface area contributed by atoms with Crippen molar-refractivity contribution < 1.29 is 9.53 Å². The number of H-pyrrole nitrogens is 1. The van der Waals surface area contributed by atoms with Gasteiger partial charge in [0.25, 0.3) is 5.91 Å². The zero-order valence-corrected chi connectivity index (χ0v) is 9.45. The molecule has 0 atom stereocenters. The average Bonchev–Trinajstić information content (AvgIpc) is 2.69. The standard InChI is InChI=1S/C10H18N4O2/c1-8-9(7-13-14-8)10(15)12-4-2-5-16-6-3-11/h7H,2-6,11H2,1H3,(H,12,15)(H,13,14). The molecule has 1 heterocycles. The SMILES string of the molecule is Cc1[nH]ncc1C(=O)NCCCOCCN.